The van der Waals surface area contributed by atoms with Crippen LogP contribution in [0.2, 0.25) is 0 Å². The molecular weight excluding hydrogens is 370 g/mol. The lowest BCUT2D eigenvalue weighted by Crippen LogP contribution is -2.10. The van der Waals surface area contributed by atoms with Crippen LogP contribution in [-0.2, 0) is 6.61 Å². The average molecular weight is 388 g/mol. The lowest BCUT2D eigenvalue weighted by Gasteiger charge is -2.07. The first-order valence-corrected chi connectivity index (χ1v) is 9.01. The van der Waals surface area contributed by atoms with Gasteiger partial charge in [-0.05, 0) is 59.3 Å². The number of halogens is 1. The lowest BCUT2D eigenvalue weighted by molar-refractivity contribution is 0.156. The fourth-order valence-electron chi connectivity index (χ4n) is 2.98. The van der Waals surface area contributed by atoms with E-state index in [1.807, 2.05) is 42.5 Å². The Morgan fingerprint density at radius 2 is 1.88 bits per heavy atom. The minimum atomic E-state index is 0.213. The molecule has 0 bridgehead atoms. The summed E-state index contributed by atoms with van der Waals surface area (Å²) in [5.74, 6) is 0.696. The van der Waals surface area contributed by atoms with Crippen LogP contribution in [0.25, 0.3) is 11.1 Å². The van der Waals surface area contributed by atoms with Crippen molar-refractivity contribution in [3.05, 3.63) is 52.5 Å². The third-order valence-electron chi connectivity index (χ3n) is 4.25. The summed E-state index contributed by atoms with van der Waals surface area (Å²) in [6.07, 6.45) is 5.09. The number of ether oxygens (including phenoxy) is 2. The fourth-order valence-corrected chi connectivity index (χ4v) is 3.38. The molecule has 0 amide bonds. The van der Waals surface area contributed by atoms with Crippen molar-refractivity contribution < 1.29 is 13.9 Å². The normalized spacial score (nSPS) is 15.0. The molecule has 4 rings (SSSR count). The summed E-state index contributed by atoms with van der Waals surface area (Å²) in [4.78, 5) is 4.51. The molecule has 0 spiro atoms. The van der Waals surface area contributed by atoms with E-state index in [0.29, 0.717) is 29.5 Å². The van der Waals surface area contributed by atoms with Crippen LogP contribution in [0.1, 0.15) is 31.2 Å². The Morgan fingerprint density at radius 1 is 1.08 bits per heavy atom. The number of rotatable bonds is 5. The van der Waals surface area contributed by atoms with Gasteiger partial charge in [0.2, 0.25) is 0 Å². The van der Waals surface area contributed by atoms with Gasteiger partial charge in [0.1, 0.15) is 18.5 Å². The monoisotopic (exact) mass is 387 g/mol. The van der Waals surface area contributed by atoms with Crippen LogP contribution in [0.3, 0.4) is 0 Å². The molecule has 1 aliphatic carbocycles. The highest BCUT2D eigenvalue weighted by Gasteiger charge is 2.21. The summed E-state index contributed by atoms with van der Waals surface area (Å²) in [5, 5.41) is 0. The second kappa shape index (κ2) is 6.85. The van der Waals surface area contributed by atoms with Crippen molar-refractivity contribution in [2.45, 2.75) is 38.4 Å². The SMILES string of the molecule is Brc1ccc(OCc2ccccc2)c2nc(OC3CCCC3)oc12. The summed E-state index contributed by atoms with van der Waals surface area (Å²) >= 11 is 3.51. The van der Waals surface area contributed by atoms with E-state index in [1.54, 1.807) is 0 Å². The van der Waals surface area contributed by atoms with Crippen LogP contribution in [0.15, 0.2) is 51.4 Å². The molecule has 0 saturated heterocycles. The van der Waals surface area contributed by atoms with E-state index in [1.165, 1.54) is 12.8 Å². The quantitative estimate of drug-likeness (QED) is 0.580. The molecule has 124 valence electrons. The molecule has 1 saturated carbocycles. The Labute approximate surface area is 148 Å². The molecule has 2 aromatic carbocycles. The van der Waals surface area contributed by atoms with Gasteiger partial charge in [0.25, 0.3) is 0 Å². The molecular formula is C19H18BrNO3. The molecule has 4 nitrogen and oxygen atoms in total. The van der Waals surface area contributed by atoms with Crippen LogP contribution in [0.5, 0.6) is 11.8 Å². The summed E-state index contributed by atoms with van der Waals surface area (Å²) in [6.45, 7) is 0.489. The first kappa shape index (κ1) is 15.5. The smallest absolute Gasteiger partial charge is 0.395 e. The maximum absolute atomic E-state index is 5.94. The van der Waals surface area contributed by atoms with E-state index in [9.17, 15) is 0 Å². The number of hydrogen-bond donors (Lipinski definition) is 0. The summed E-state index contributed by atoms with van der Waals surface area (Å²) in [5.41, 5.74) is 2.46. The zero-order valence-electron chi connectivity index (χ0n) is 13.2. The van der Waals surface area contributed by atoms with E-state index in [4.69, 9.17) is 13.9 Å². The highest BCUT2D eigenvalue weighted by atomic mass is 79.9. The van der Waals surface area contributed by atoms with Crippen LogP contribution >= 0.6 is 15.9 Å². The summed E-state index contributed by atoms with van der Waals surface area (Å²) in [6, 6.07) is 13.9. The van der Waals surface area contributed by atoms with Crippen molar-refractivity contribution in [3.8, 4) is 11.8 Å². The zero-order chi connectivity index (χ0) is 16.4. The Morgan fingerprint density at radius 3 is 2.67 bits per heavy atom. The van der Waals surface area contributed by atoms with Gasteiger partial charge in [0.15, 0.2) is 11.1 Å². The van der Waals surface area contributed by atoms with Gasteiger partial charge in [0, 0.05) is 0 Å². The Bertz CT molecular complexity index is 825. The number of oxazole rings is 1. The number of benzene rings is 2. The third-order valence-corrected chi connectivity index (χ3v) is 4.87. The van der Waals surface area contributed by atoms with Crippen molar-refractivity contribution in [2.75, 3.05) is 0 Å². The maximum Gasteiger partial charge on any atom is 0.395 e. The standard InChI is InChI=1S/C19H18BrNO3/c20-15-10-11-16(22-12-13-6-2-1-3-7-13)17-18(15)24-19(21-17)23-14-8-4-5-9-14/h1-3,6-7,10-11,14H,4-5,8-9,12H2. The van der Waals surface area contributed by atoms with E-state index in [0.717, 1.165) is 22.9 Å². The van der Waals surface area contributed by atoms with Gasteiger partial charge in [-0.25, -0.2) is 0 Å². The molecule has 1 aromatic heterocycles. The maximum atomic E-state index is 5.94. The third kappa shape index (κ3) is 3.26. The van der Waals surface area contributed by atoms with Crippen molar-refractivity contribution >= 4 is 27.0 Å². The Kier molecular flexibility index (Phi) is 4.43. The van der Waals surface area contributed by atoms with Gasteiger partial charge in [0.05, 0.1) is 4.47 Å². The van der Waals surface area contributed by atoms with Crippen molar-refractivity contribution in [1.29, 1.82) is 0 Å². The molecule has 3 aromatic rings. The first-order chi connectivity index (χ1) is 11.8. The molecule has 0 N–H and O–H groups in total. The topological polar surface area (TPSA) is 44.5 Å². The molecule has 1 aliphatic rings. The Hall–Kier alpha value is -2.01. The highest BCUT2D eigenvalue weighted by molar-refractivity contribution is 9.10. The molecule has 1 fully saturated rings. The minimum Gasteiger partial charge on any atom is -0.486 e. The summed E-state index contributed by atoms with van der Waals surface area (Å²) in [7, 11) is 0. The van der Waals surface area contributed by atoms with Gasteiger partial charge in [-0.2, -0.15) is 4.98 Å². The average Bonchev–Trinajstić information content (AvgIpc) is 3.26. The highest BCUT2D eigenvalue weighted by Crippen LogP contribution is 2.35. The fraction of sp³-hybridized carbons (Fsp3) is 0.316. The second-order valence-corrected chi connectivity index (χ2v) is 6.86. The van der Waals surface area contributed by atoms with E-state index in [2.05, 4.69) is 20.9 Å². The predicted molar refractivity (Wildman–Crippen MR) is 95.4 cm³/mol. The molecule has 0 radical (unpaired) electrons. The minimum absolute atomic E-state index is 0.213. The number of fused-ring (bicyclic) bond motifs is 1. The molecule has 5 heteroatoms. The van der Waals surface area contributed by atoms with Gasteiger partial charge in [-0.3, -0.25) is 0 Å². The van der Waals surface area contributed by atoms with Crippen LogP contribution < -0.4 is 9.47 Å². The van der Waals surface area contributed by atoms with Crippen LogP contribution in [0, 0.1) is 0 Å². The molecule has 0 aliphatic heterocycles. The van der Waals surface area contributed by atoms with E-state index >= 15 is 0 Å². The molecule has 0 atom stereocenters. The second-order valence-electron chi connectivity index (χ2n) is 6.00. The van der Waals surface area contributed by atoms with Gasteiger partial charge in [-0.1, -0.05) is 30.3 Å². The number of nitrogens with zero attached hydrogens (tertiary/aromatic N) is 1. The van der Waals surface area contributed by atoms with Gasteiger partial charge >= 0.3 is 6.08 Å². The molecule has 0 unspecified atom stereocenters. The predicted octanol–water partition coefficient (Wildman–Crippen LogP) is 5.49. The first-order valence-electron chi connectivity index (χ1n) is 8.22. The van der Waals surface area contributed by atoms with Crippen molar-refractivity contribution in [3.63, 3.8) is 0 Å². The van der Waals surface area contributed by atoms with Crippen LogP contribution in [-0.4, -0.2) is 11.1 Å². The van der Waals surface area contributed by atoms with E-state index in [-0.39, 0.29) is 6.10 Å². The molecule has 1 heterocycles. The van der Waals surface area contributed by atoms with E-state index < -0.39 is 0 Å². The lowest BCUT2D eigenvalue weighted by atomic mass is 10.2. The zero-order valence-corrected chi connectivity index (χ0v) is 14.8. The number of hydrogen-bond acceptors (Lipinski definition) is 4. The van der Waals surface area contributed by atoms with Gasteiger partial charge < -0.3 is 13.9 Å². The van der Waals surface area contributed by atoms with Crippen molar-refractivity contribution in [1.82, 2.24) is 4.98 Å². The molecule has 24 heavy (non-hydrogen) atoms. The van der Waals surface area contributed by atoms with Crippen LogP contribution in [0.4, 0.5) is 0 Å². The number of aromatic nitrogens is 1. The Balaban J connectivity index is 1.58. The summed E-state index contributed by atoms with van der Waals surface area (Å²) < 4.78 is 18.5. The van der Waals surface area contributed by atoms with Crippen molar-refractivity contribution in [2.24, 2.45) is 0 Å². The van der Waals surface area contributed by atoms with Gasteiger partial charge in [-0.15, -0.1) is 0 Å². The largest absolute Gasteiger partial charge is 0.486 e.